The Balaban J connectivity index is 1.61. The highest BCUT2D eigenvalue weighted by Crippen LogP contribution is 2.28. The maximum absolute atomic E-state index is 12.5. The third-order valence-corrected chi connectivity index (χ3v) is 4.93. The van der Waals surface area contributed by atoms with E-state index in [9.17, 15) is 10.1 Å². The number of hydrogen-bond donors (Lipinski definition) is 1. The first-order valence-corrected chi connectivity index (χ1v) is 9.17. The second kappa shape index (κ2) is 8.05. The number of nitrogens with one attached hydrogen (secondary N) is 1. The van der Waals surface area contributed by atoms with Crippen molar-refractivity contribution in [2.45, 2.75) is 50.7 Å². The number of carbonyl (C=O) groups is 1. The summed E-state index contributed by atoms with van der Waals surface area (Å²) in [6.07, 6.45) is 3.86. The van der Waals surface area contributed by atoms with Gasteiger partial charge in [-0.05, 0) is 43.0 Å². The lowest BCUT2D eigenvalue weighted by molar-refractivity contribution is -0.129. The van der Waals surface area contributed by atoms with Crippen molar-refractivity contribution < 1.29 is 9.53 Å². The highest BCUT2D eigenvalue weighted by molar-refractivity contribution is 5.82. The molecular formula is C22H24N2O2. The van der Waals surface area contributed by atoms with Crippen molar-refractivity contribution in [3.05, 3.63) is 54.6 Å². The minimum atomic E-state index is -0.732. The SMILES string of the molecule is C[C@@H](Oc1ccc(-c2ccccc2)cc1)C(=O)NC1(C#N)CCCCC1. The van der Waals surface area contributed by atoms with Gasteiger partial charge in [0.25, 0.3) is 5.91 Å². The highest BCUT2D eigenvalue weighted by atomic mass is 16.5. The maximum atomic E-state index is 12.5. The molecule has 1 N–H and O–H groups in total. The van der Waals surface area contributed by atoms with Crippen LogP contribution in [0.25, 0.3) is 11.1 Å². The van der Waals surface area contributed by atoms with E-state index in [-0.39, 0.29) is 5.91 Å². The van der Waals surface area contributed by atoms with Gasteiger partial charge in [0.2, 0.25) is 0 Å². The van der Waals surface area contributed by atoms with E-state index in [0.29, 0.717) is 18.6 Å². The molecule has 1 aliphatic carbocycles. The zero-order chi connectivity index (χ0) is 18.4. The molecule has 1 aliphatic rings. The fourth-order valence-corrected chi connectivity index (χ4v) is 3.37. The van der Waals surface area contributed by atoms with Crippen LogP contribution in [0.15, 0.2) is 54.6 Å². The van der Waals surface area contributed by atoms with Gasteiger partial charge in [-0.3, -0.25) is 4.79 Å². The predicted octanol–water partition coefficient (Wildman–Crippen LogP) is 4.46. The van der Waals surface area contributed by atoms with Crippen LogP contribution < -0.4 is 10.1 Å². The lowest BCUT2D eigenvalue weighted by Crippen LogP contribution is -2.52. The molecule has 0 radical (unpaired) electrons. The molecule has 1 amide bonds. The number of benzene rings is 2. The minimum Gasteiger partial charge on any atom is -0.481 e. The summed E-state index contributed by atoms with van der Waals surface area (Å²) in [4.78, 5) is 12.5. The molecule has 1 fully saturated rings. The first-order valence-electron chi connectivity index (χ1n) is 9.17. The van der Waals surface area contributed by atoms with E-state index in [2.05, 4.69) is 23.5 Å². The van der Waals surface area contributed by atoms with Gasteiger partial charge < -0.3 is 10.1 Å². The predicted molar refractivity (Wildman–Crippen MR) is 102 cm³/mol. The molecule has 0 bridgehead atoms. The molecule has 1 atom stereocenters. The molecule has 0 saturated heterocycles. The van der Waals surface area contributed by atoms with Gasteiger partial charge >= 0.3 is 0 Å². The monoisotopic (exact) mass is 348 g/mol. The summed E-state index contributed by atoms with van der Waals surface area (Å²) < 4.78 is 5.78. The van der Waals surface area contributed by atoms with Gasteiger partial charge in [-0.2, -0.15) is 5.26 Å². The summed E-state index contributed by atoms with van der Waals surface area (Å²) in [5.41, 5.74) is 1.50. The number of ether oxygens (including phenoxy) is 1. The normalized spacial score (nSPS) is 16.9. The van der Waals surface area contributed by atoms with Crippen molar-refractivity contribution in [1.29, 1.82) is 5.26 Å². The summed E-state index contributed by atoms with van der Waals surface area (Å²) in [7, 11) is 0. The summed E-state index contributed by atoms with van der Waals surface area (Å²) in [6, 6.07) is 20.1. The van der Waals surface area contributed by atoms with E-state index in [4.69, 9.17) is 4.74 Å². The third-order valence-electron chi connectivity index (χ3n) is 4.93. The van der Waals surface area contributed by atoms with Crippen LogP contribution in [-0.2, 0) is 4.79 Å². The number of rotatable bonds is 5. The fraction of sp³-hybridized carbons (Fsp3) is 0.364. The Hall–Kier alpha value is -2.80. The Labute approximate surface area is 154 Å². The molecule has 0 aliphatic heterocycles. The van der Waals surface area contributed by atoms with Crippen LogP contribution in [0.2, 0.25) is 0 Å². The van der Waals surface area contributed by atoms with Gasteiger partial charge in [-0.15, -0.1) is 0 Å². The van der Waals surface area contributed by atoms with E-state index in [0.717, 1.165) is 30.4 Å². The zero-order valence-corrected chi connectivity index (χ0v) is 15.1. The van der Waals surface area contributed by atoms with Crippen molar-refractivity contribution in [3.63, 3.8) is 0 Å². The molecule has 0 aromatic heterocycles. The molecule has 1 saturated carbocycles. The van der Waals surface area contributed by atoms with Crippen molar-refractivity contribution in [2.75, 3.05) is 0 Å². The molecule has 4 heteroatoms. The van der Waals surface area contributed by atoms with E-state index in [1.54, 1.807) is 6.92 Å². The van der Waals surface area contributed by atoms with Crippen LogP contribution >= 0.6 is 0 Å². The average molecular weight is 348 g/mol. The molecule has 0 unspecified atom stereocenters. The van der Waals surface area contributed by atoms with Gasteiger partial charge in [-0.25, -0.2) is 0 Å². The van der Waals surface area contributed by atoms with Gasteiger partial charge in [-0.1, -0.05) is 61.7 Å². The molecule has 4 nitrogen and oxygen atoms in total. The highest BCUT2D eigenvalue weighted by Gasteiger charge is 2.35. The van der Waals surface area contributed by atoms with Gasteiger partial charge in [0.1, 0.15) is 11.3 Å². The lowest BCUT2D eigenvalue weighted by Gasteiger charge is -2.32. The third kappa shape index (κ3) is 4.23. The van der Waals surface area contributed by atoms with E-state index < -0.39 is 11.6 Å². The summed E-state index contributed by atoms with van der Waals surface area (Å²) in [5, 5.41) is 12.4. The van der Waals surface area contributed by atoms with Gasteiger partial charge in [0.15, 0.2) is 6.10 Å². The number of hydrogen-bond acceptors (Lipinski definition) is 3. The van der Waals surface area contributed by atoms with Crippen molar-refractivity contribution in [1.82, 2.24) is 5.32 Å². The van der Waals surface area contributed by atoms with Crippen LogP contribution in [0.5, 0.6) is 5.75 Å². The Morgan fingerprint density at radius 1 is 1.04 bits per heavy atom. The second-order valence-corrected chi connectivity index (χ2v) is 6.89. The number of carbonyl (C=O) groups excluding carboxylic acids is 1. The Kier molecular flexibility index (Phi) is 5.58. The summed E-state index contributed by atoms with van der Waals surface area (Å²) in [6.45, 7) is 1.72. The lowest BCUT2D eigenvalue weighted by atomic mass is 9.83. The van der Waals surface area contributed by atoms with Crippen LogP contribution in [0.1, 0.15) is 39.0 Å². The van der Waals surface area contributed by atoms with Crippen LogP contribution in [0, 0.1) is 11.3 Å². The maximum Gasteiger partial charge on any atom is 0.262 e. The van der Waals surface area contributed by atoms with Crippen molar-refractivity contribution in [2.24, 2.45) is 0 Å². The second-order valence-electron chi connectivity index (χ2n) is 6.89. The van der Waals surface area contributed by atoms with Crippen LogP contribution in [0.3, 0.4) is 0 Å². The van der Waals surface area contributed by atoms with Crippen LogP contribution in [-0.4, -0.2) is 17.6 Å². The molecular weight excluding hydrogens is 324 g/mol. The molecule has 0 spiro atoms. The number of amides is 1. The zero-order valence-electron chi connectivity index (χ0n) is 15.1. The Bertz CT molecular complexity index is 772. The summed E-state index contributed by atoms with van der Waals surface area (Å²) in [5.74, 6) is 0.405. The number of nitriles is 1. The molecule has 2 aromatic rings. The molecule has 0 heterocycles. The largest absolute Gasteiger partial charge is 0.481 e. The summed E-state index contributed by atoms with van der Waals surface area (Å²) >= 11 is 0. The van der Waals surface area contributed by atoms with E-state index >= 15 is 0 Å². The van der Waals surface area contributed by atoms with E-state index in [1.807, 2.05) is 42.5 Å². The Morgan fingerprint density at radius 2 is 1.65 bits per heavy atom. The van der Waals surface area contributed by atoms with E-state index in [1.165, 1.54) is 0 Å². The molecule has 3 rings (SSSR count). The molecule has 26 heavy (non-hydrogen) atoms. The van der Waals surface area contributed by atoms with Crippen molar-refractivity contribution in [3.8, 4) is 22.9 Å². The quantitative estimate of drug-likeness (QED) is 0.867. The molecule has 2 aromatic carbocycles. The minimum absolute atomic E-state index is 0.236. The fourth-order valence-electron chi connectivity index (χ4n) is 3.37. The first-order chi connectivity index (χ1) is 12.6. The average Bonchev–Trinajstić information content (AvgIpc) is 2.70. The van der Waals surface area contributed by atoms with Gasteiger partial charge in [0.05, 0.1) is 6.07 Å². The smallest absolute Gasteiger partial charge is 0.262 e. The first kappa shape index (κ1) is 18.0. The number of nitrogens with zero attached hydrogens (tertiary/aromatic N) is 1. The standard InChI is InChI=1S/C22H24N2O2/c1-17(21(25)24-22(16-23)14-6-3-7-15-22)26-20-12-10-19(11-13-20)18-8-4-2-5-9-18/h2,4-5,8-13,17H,3,6-7,14-15H2,1H3,(H,24,25)/t17-/m1/s1. The van der Waals surface area contributed by atoms with Gasteiger partial charge in [0, 0.05) is 0 Å². The van der Waals surface area contributed by atoms with Crippen molar-refractivity contribution >= 4 is 5.91 Å². The molecule has 134 valence electrons. The topological polar surface area (TPSA) is 62.1 Å². The Morgan fingerprint density at radius 3 is 2.27 bits per heavy atom. The van der Waals surface area contributed by atoms with Crippen LogP contribution in [0.4, 0.5) is 0 Å².